The average Bonchev–Trinajstić information content (AvgIpc) is 2.95. The highest BCUT2D eigenvalue weighted by Gasteiger charge is 2.20. The van der Waals surface area contributed by atoms with Crippen molar-refractivity contribution in [1.82, 2.24) is 0 Å². The summed E-state index contributed by atoms with van der Waals surface area (Å²) in [6.07, 6.45) is 10.1. The Labute approximate surface area is 172 Å². The van der Waals surface area contributed by atoms with Gasteiger partial charge in [0.25, 0.3) is 0 Å². The van der Waals surface area contributed by atoms with E-state index in [-0.39, 0.29) is 11.3 Å². The second-order valence-electron chi connectivity index (χ2n) is 8.43. The van der Waals surface area contributed by atoms with E-state index in [1.807, 2.05) is 18.2 Å². The molecule has 1 aliphatic carbocycles. The van der Waals surface area contributed by atoms with Crippen molar-refractivity contribution in [3.8, 4) is 6.07 Å². The van der Waals surface area contributed by atoms with E-state index in [0.717, 1.165) is 36.8 Å². The minimum atomic E-state index is -0.189. The molecule has 146 valence electrons. The molecule has 0 bridgehead atoms. The van der Waals surface area contributed by atoms with Gasteiger partial charge in [-0.1, -0.05) is 57.9 Å². The summed E-state index contributed by atoms with van der Waals surface area (Å²) in [4.78, 5) is 13.7. The first-order valence-electron chi connectivity index (χ1n) is 10.0. The molecule has 4 heteroatoms. The number of carbonyl (C=O) groups is 1. The van der Waals surface area contributed by atoms with Crippen molar-refractivity contribution in [2.24, 2.45) is 0 Å². The zero-order valence-corrected chi connectivity index (χ0v) is 17.8. The summed E-state index contributed by atoms with van der Waals surface area (Å²) in [5.74, 6) is -0.189. The molecule has 1 aromatic heterocycles. The number of fused-ring (bicyclic) bond motifs is 1. The fourth-order valence-corrected chi connectivity index (χ4v) is 4.79. The van der Waals surface area contributed by atoms with E-state index in [4.69, 9.17) is 0 Å². The van der Waals surface area contributed by atoms with Crippen molar-refractivity contribution in [3.63, 3.8) is 0 Å². The number of benzene rings is 1. The molecule has 0 saturated carbocycles. The van der Waals surface area contributed by atoms with Crippen LogP contribution in [0.4, 0.5) is 5.00 Å². The molecule has 3 rings (SSSR count). The SMILES string of the molecule is CC(C)(C)c1ccc(/C=C/C(=O)Nc2sc3c(c2C#N)CCCCCC3)cc1. The van der Waals surface area contributed by atoms with Crippen molar-refractivity contribution in [2.45, 2.75) is 64.7 Å². The summed E-state index contributed by atoms with van der Waals surface area (Å²) >= 11 is 1.58. The van der Waals surface area contributed by atoms with E-state index in [0.29, 0.717) is 10.6 Å². The van der Waals surface area contributed by atoms with Gasteiger partial charge in [0.05, 0.1) is 5.56 Å². The molecule has 0 spiro atoms. The number of nitrogens with one attached hydrogen (secondary N) is 1. The van der Waals surface area contributed by atoms with Crippen LogP contribution in [0.2, 0.25) is 0 Å². The number of nitriles is 1. The zero-order valence-electron chi connectivity index (χ0n) is 17.0. The van der Waals surface area contributed by atoms with Crippen LogP contribution < -0.4 is 5.32 Å². The Morgan fingerprint density at radius 3 is 2.43 bits per heavy atom. The van der Waals surface area contributed by atoms with Gasteiger partial charge in [-0.3, -0.25) is 4.79 Å². The summed E-state index contributed by atoms with van der Waals surface area (Å²) in [6.45, 7) is 6.55. The number of rotatable bonds is 3. The minimum Gasteiger partial charge on any atom is -0.313 e. The number of carbonyl (C=O) groups excluding carboxylic acids is 1. The lowest BCUT2D eigenvalue weighted by Crippen LogP contribution is -2.10. The maximum Gasteiger partial charge on any atom is 0.249 e. The van der Waals surface area contributed by atoms with E-state index in [1.165, 1.54) is 23.3 Å². The number of thiophene rings is 1. The van der Waals surface area contributed by atoms with Crippen molar-refractivity contribution in [2.75, 3.05) is 5.32 Å². The molecule has 0 aliphatic heterocycles. The van der Waals surface area contributed by atoms with Crippen LogP contribution in [-0.2, 0) is 23.1 Å². The van der Waals surface area contributed by atoms with Crippen LogP contribution in [0.15, 0.2) is 30.3 Å². The second kappa shape index (κ2) is 8.75. The lowest BCUT2D eigenvalue weighted by atomic mass is 9.87. The molecule has 28 heavy (non-hydrogen) atoms. The topological polar surface area (TPSA) is 52.9 Å². The molecule has 0 unspecified atom stereocenters. The number of anilines is 1. The number of nitrogens with zero attached hydrogens (tertiary/aromatic N) is 1. The first kappa shape index (κ1) is 20.4. The smallest absolute Gasteiger partial charge is 0.249 e. The molecule has 3 nitrogen and oxygen atoms in total. The molecule has 0 atom stereocenters. The number of amides is 1. The van der Waals surface area contributed by atoms with Gasteiger partial charge in [0.1, 0.15) is 11.1 Å². The van der Waals surface area contributed by atoms with Crippen LogP contribution in [0.25, 0.3) is 6.08 Å². The van der Waals surface area contributed by atoms with Crippen molar-refractivity contribution in [1.29, 1.82) is 5.26 Å². The van der Waals surface area contributed by atoms with E-state index < -0.39 is 0 Å². The third kappa shape index (κ3) is 4.91. The largest absolute Gasteiger partial charge is 0.313 e. The third-order valence-electron chi connectivity index (χ3n) is 5.22. The van der Waals surface area contributed by atoms with Gasteiger partial charge in [-0.15, -0.1) is 11.3 Å². The van der Waals surface area contributed by atoms with E-state index in [9.17, 15) is 10.1 Å². The Kier molecular flexibility index (Phi) is 6.36. The monoisotopic (exact) mass is 392 g/mol. The molecular formula is C24H28N2OS. The van der Waals surface area contributed by atoms with Crippen LogP contribution >= 0.6 is 11.3 Å². The predicted octanol–water partition coefficient (Wildman–Crippen LogP) is 6.23. The molecular weight excluding hydrogens is 364 g/mol. The zero-order chi connectivity index (χ0) is 20.1. The normalized spacial score (nSPS) is 14.8. The Hall–Kier alpha value is -2.38. The summed E-state index contributed by atoms with van der Waals surface area (Å²) in [5, 5.41) is 13.3. The lowest BCUT2D eigenvalue weighted by Gasteiger charge is -2.18. The van der Waals surface area contributed by atoms with E-state index >= 15 is 0 Å². The van der Waals surface area contributed by atoms with Gasteiger partial charge >= 0.3 is 0 Å². The maximum atomic E-state index is 12.4. The predicted molar refractivity (Wildman–Crippen MR) is 118 cm³/mol. The quantitative estimate of drug-likeness (QED) is 0.630. The van der Waals surface area contributed by atoms with E-state index in [2.05, 4.69) is 44.3 Å². The molecule has 0 radical (unpaired) electrons. The van der Waals surface area contributed by atoms with Crippen LogP contribution in [0.3, 0.4) is 0 Å². The van der Waals surface area contributed by atoms with Crippen molar-refractivity contribution >= 4 is 28.3 Å². The average molecular weight is 393 g/mol. The standard InChI is InChI=1S/C24H28N2OS/c1-24(2,3)18-13-10-17(11-14-18)12-15-22(27)26-23-20(16-25)19-8-6-4-5-7-9-21(19)28-23/h10-15H,4-9H2,1-3H3,(H,26,27)/b15-12+. The molecule has 2 aromatic rings. The second-order valence-corrected chi connectivity index (χ2v) is 9.53. The molecule has 1 heterocycles. The van der Waals surface area contributed by atoms with E-state index in [1.54, 1.807) is 17.4 Å². The third-order valence-corrected chi connectivity index (χ3v) is 6.43. The highest BCUT2D eigenvalue weighted by atomic mass is 32.1. The highest BCUT2D eigenvalue weighted by molar-refractivity contribution is 7.16. The Balaban J connectivity index is 1.72. The van der Waals surface area contributed by atoms with Gasteiger partial charge in [-0.05, 0) is 53.9 Å². The summed E-state index contributed by atoms with van der Waals surface area (Å²) in [7, 11) is 0. The van der Waals surface area contributed by atoms with Gasteiger partial charge in [-0.25, -0.2) is 0 Å². The number of hydrogen-bond acceptors (Lipinski definition) is 3. The van der Waals surface area contributed by atoms with Gasteiger partial charge < -0.3 is 5.32 Å². The van der Waals surface area contributed by atoms with Gasteiger partial charge in [0.2, 0.25) is 5.91 Å². The molecule has 1 aromatic carbocycles. The minimum absolute atomic E-state index is 0.114. The number of hydrogen-bond donors (Lipinski definition) is 1. The van der Waals surface area contributed by atoms with Crippen molar-refractivity contribution < 1.29 is 4.79 Å². The summed E-state index contributed by atoms with van der Waals surface area (Å²) < 4.78 is 0. The fraction of sp³-hybridized carbons (Fsp3) is 0.417. The molecule has 1 amide bonds. The fourth-order valence-electron chi connectivity index (χ4n) is 3.55. The molecule has 1 N–H and O–H groups in total. The summed E-state index contributed by atoms with van der Waals surface area (Å²) in [5.41, 5.74) is 4.19. The first-order valence-corrected chi connectivity index (χ1v) is 10.8. The van der Waals surface area contributed by atoms with Crippen LogP contribution in [0.1, 0.15) is 73.6 Å². The van der Waals surface area contributed by atoms with Crippen molar-refractivity contribution in [3.05, 3.63) is 57.5 Å². The number of aryl methyl sites for hydroxylation is 1. The summed E-state index contributed by atoms with van der Waals surface area (Å²) in [6, 6.07) is 10.6. The van der Waals surface area contributed by atoms with Crippen LogP contribution in [-0.4, -0.2) is 5.91 Å². The Morgan fingerprint density at radius 2 is 1.79 bits per heavy atom. The van der Waals surface area contributed by atoms with Gasteiger partial charge in [-0.2, -0.15) is 5.26 Å². The van der Waals surface area contributed by atoms with Crippen LogP contribution in [0, 0.1) is 11.3 Å². The Morgan fingerprint density at radius 1 is 1.11 bits per heavy atom. The molecule has 1 aliphatic rings. The highest BCUT2D eigenvalue weighted by Crippen LogP contribution is 2.36. The first-order chi connectivity index (χ1) is 13.4. The van der Waals surface area contributed by atoms with Gasteiger partial charge in [0.15, 0.2) is 0 Å². The van der Waals surface area contributed by atoms with Gasteiger partial charge in [0, 0.05) is 11.0 Å². The molecule has 0 fully saturated rings. The van der Waals surface area contributed by atoms with Crippen LogP contribution in [0.5, 0.6) is 0 Å². The lowest BCUT2D eigenvalue weighted by molar-refractivity contribution is -0.111. The maximum absolute atomic E-state index is 12.4. The Bertz CT molecular complexity index is 908. The molecule has 0 saturated heterocycles.